The number of fused-ring (bicyclic) bond motifs is 1. The molecule has 0 saturated carbocycles. The van der Waals surface area contributed by atoms with E-state index in [1.54, 1.807) is 0 Å². The van der Waals surface area contributed by atoms with Gasteiger partial charge in [-0.2, -0.15) is 5.10 Å². The fourth-order valence-electron chi connectivity index (χ4n) is 1.25. The van der Waals surface area contributed by atoms with Crippen LogP contribution in [0.2, 0.25) is 0 Å². The number of aryl methyl sites for hydroxylation is 1. The average molecular weight is 180 g/mol. The molecule has 2 nitrogen and oxygen atoms in total. The molecule has 0 bridgehead atoms. The van der Waals surface area contributed by atoms with Gasteiger partial charge in [0.15, 0.2) is 0 Å². The zero-order valence-electron chi connectivity index (χ0n) is 7.53. The van der Waals surface area contributed by atoms with Crippen LogP contribution in [0, 0.1) is 0 Å². The second-order valence-corrected chi connectivity index (χ2v) is 4.44. The fraction of sp³-hybridized carbons (Fsp3) is 0.444. The van der Waals surface area contributed by atoms with Gasteiger partial charge >= 0.3 is 0 Å². The minimum Gasteiger partial charge on any atom is -0.267 e. The van der Waals surface area contributed by atoms with E-state index in [9.17, 15) is 0 Å². The number of rotatable bonds is 1. The zero-order valence-corrected chi connectivity index (χ0v) is 8.35. The molecule has 64 valence electrons. The van der Waals surface area contributed by atoms with Crippen LogP contribution >= 0.6 is 11.3 Å². The van der Waals surface area contributed by atoms with E-state index in [4.69, 9.17) is 0 Å². The van der Waals surface area contributed by atoms with Crippen molar-refractivity contribution in [2.24, 2.45) is 7.05 Å². The molecule has 2 aromatic heterocycles. The first kappa shape index (κ1) is 7.80. The molecule has 0 aromatic carbocycles. The molecule has 0 fully saturated rings. The van der Waals surface area contributed by atoms with E-state index in [0.717, 1.165) is 0 Å². The van der Waals surface area contributed by atoms with Gasteiger partial charge in [0.05, 0.1) is 16.4 Å². The Bertz CT molecular complexity index is 397. The summed E-state index contributed by atoms with van der Waals surface area (Å²) in [7, 11) is 1.99. The maximum absolute atomic E-state index is 4.18. The maximum atomic E-state index is 4.18. The molecule has 0 atom stereocenters. The molecule has 0 aliphatic heterocycles. The van der Waals surface area contributed by atoms with Crippen LogP contribution in [-0.4, -0.2) is 9.78 Å². The largest absolute Gasteiger partial charge is 0.267 e. The first-order chi connectivity index (χ1) is 5.68. The fourth-order valence-corrected chi connectivity index (χ4v) is 2.30. The first-order valence-corrected chi connectivity index (χ1v) is 4.91. The molecule has 2 aromatic rings. The van der Waals surface area contributed by atoms with E-state index in [1.807, 2.05) is 29.3 Å². The van der Waals surface area contributed by atoms with Crippen molar-refractivity contribution in [2.45, 2.75) is 19.8 Å². The van der Waals surface area contributed by atoms with Crippen LogP contribution in [0.25, 0.3) is 10.2 Å². The molecule has 0 amide bonds. The summed E-state index contributed by atoms with van der Waals surface area (Å²) >= 11 is 1.84. The van der Waals surface area contributed by atoms with E-state index in [0.29, 0.717) is 5.92 Å². The van der Waals surface area contributed by atoms with E-state index in [2.05, 4.69) is 25.0 Å². The third-order valence-electron chi connectivity index (χ3n) is 2.03. The van der Waals surface area contributed by atoms with Gasteiger partial charge in [-0.25, -0.2) is 0 Å². The molecule has 0 unspecified atom stereocenters. The molecule has 0 radical (unpaired) electrons. The van der Waals surface area contributed by atoms with Gasteiger partial charge in [0.2, 0.25) is 0 Å². The Labute approximate surface area is 75.8 Å². The summed E-state index contributed by atoms with van der Waals surface area (Å²) < 4.78 is 3.22. The molecule has 0 saturated heterocycles. The van der Waals surface area contributed by atoms with Gasteiger partial charge in [0.1, 0.15) is 0 Å². The molecule has 12 heavy (non-hydrogen) atoms. The molecule has 2 heterocycles. The standard InChI is InChI=1S/C9H12N2S/c1-6(2)8-4-7-9(12-8)5-10-11(7)3/h4-6H,1-3H3. The van der Waals surface area contributed by atoms with E-state index in [1.165, 1.54) is 15.1 Å². The summed E-state index contributed by atoms with van der Waals surface area (Å²) in [6, 6.07) is 2.23. The minimum absolute atomic E-state index is 0.627. The van der Waals surface area contributed by atoms with Crippen LogP contribution in [0.5, 0.6) is 0 Å². The summed E-state index contributed by atoms with van der Waals surface area (Å²) in [5.74, 6) is 0.627. The Hall–Kier alpha value is -0.830. The van der Waals surface area contributed by atoms with Crippen LogP contribution in [0.4, 0.5) is 0 Å². The smallest absolute Gasteiger partial charge is 0.0790 e. The van der Waals surface area contributed by atoms with Crippen LogP contribution in [0.3, 0.4) is 0 Å². The second kappa shape index (κ2) is 2.59. The van der Waals surface area contributed by atoms with Crippen molar-refractivity contribution in [3.05, 3.63) is 17.1 Å². The highest BCUT2D eigenvalue weighted by atomic mass is 32.1. The summed E-state index contributed by atoms with van der Waals surface area (Å²) in [6.45, 7) is 4.44. The van der Waals surface area contributed by atoms with E-state index >= 15 is 0 Å². The molecule has 0 N–H and O–H groups in total. The topological polar surface area (TPSA) is 17.8 Å². The number of thiophene rings is 1. The molecule has 2 rings (SSSR count). The van der Waals surface area contributed by atoms with Gasteiger partial charge in [-0.1, -0.05) is 13.8 Å². The summed E-state index contributed by atoms with van der Waals surface area (Å²) in [5, 5.41) is 4.18. The van der Waals surface area contributed by atoms with Crippen LogP contribution in [-0.2, 0) is 7.05 Å². The van der Waals surface area contributed by atoms with Gasteiger partial charge in [-0.3, -0.25) is 4.68 Å². The summed E-state index contributed by atoms with van der Waals surface area (Å²) in [6.07, 6.45) is 1.94. The number of hydrogen-bond acceptors (Lipinski definition) is 2. The highest BCUT2D eigenvalue weighted by Gasteiger charge is 2.07. The number of hydrogen-bond donors (Lipinski definition) is 0. The third kappa shape index (κ3) is 1.05. The number of aromatic nitrogens is 2. The quantitative estimate of drug-likeness (QED) is 0.660. The van der Waals surface area contributed by atoms with Crippen molar-refractivity contribution < 1.29 is 0 Å². The Morgan fingerprint density at radius 2 is 2.25 bits per heavy atom. The SMILES string of the molecule is CC(C)c1cc2c(cnn2C)s1. The van der Waals surface area contributed by atoms with Crippen molar-refractivity contribution in [2.75, 3.05) is 0 Å². The summed E-state index contributed by atoms with van der Waals surface area (Å²) in [5.41, 5.74) is 1.25. The van der Waals surface area contributed by atoms with Crippen molar-refractivity contribution in [1.29, 1.82) is 0 Å². The van der Waals surface area contributed by atoms with Crippen molar-refractivity contribution in [3.8, 4) is 0 Å². The zero-order chi connectivity index (χ0) is 8.72. The van der Waals surface area contributed by atoms with Crippen LogP contribution < -0.4 is 0 Å². The Kier molecular flexibility index (Phi) is 1.68. The van der Waals surface area contributed by atoms with Gasteiger partial charge in [0, 0.05) is 11.9 Å². The Balaban J connectivity index is 2.63. The normalized spacial score (nSPS) is 11.7. The minimum atomic E-state index is 0.627. The lowest BCUT2D eigenvalue weighted by Gasteiger charge is -1.96. The second-order valence-electron chi connectivity index (χ2n) is 3.32. The van der Waals surface area contributed by atoms with Gasteiger partial charge in [0.25, 0.3) is 0 Å². The average Bonchev–Trinajstić information content (AvgIpc) is 2.53. The molecule has 0 spiro atoms. The van der Waals surface area contributed by atoms with Crippen LogP contribution in [0.15, 0.2) is 12.3 Å². The van der Waals surface area contributed by atoms with Crippen molar-refractivity contribution in [3.63, 3.8) is 0 Å². The third-order valence-corrected chi connectivity index (χ3v) is 3.38. The lowest BCUT2D eigenvalue weighted by atomic mass is 10.2. The van der Waals surface area contributed by atoms with Crippen molar-refractivity contribution in [1.82, 2.24) is 9.78 Å². The number of nitrogens with zero attached hydrogens (tertiary/aromatic N) is 2. The highest BCUT2D eigenvalue weighted by Crippen LogP contribution is 2.29. The molecule has 0 aliphatic carbocycles. The van der Waals surface area contributed by atoms with Gasteiger partial charge in [-0.05, 0) is 12.0 Å². The van der Waals surface area contributed by atoms with Crippen molar-refractivity contribution >= 4 is 21.6 Å². The highest BCUT2D eigenvalue weighted by molar-refractivity contribution is 7.19. The lowest BCUT2D eigenvalue weighted by molar-refractivity contribution is 0.795. The predicted molar refractivity (Wildman–Crippen MR) is 52.7 cm³/mol. The molecule has 3 heteroatoms. The molecule has 0 aliphatic rings. The summed E-state index contributed by atoms with van der Waals surface area (Å²) in [4.78, 5) is 1.44. The predicted octanol–water partition coefficient (Wildman–Crippen LogP) is 2.76. The first-order valence-electron chi connectivity index (χ1n) is 4.10. The Morgan fingerprint density at radius 1 is 1.50 bits per heavy atom. The van der Waals surface area contributed by atoms with Crippen LogP contribution in [0.1, 0.15) is 24.6 Å². The van der Waals surface area contributed by atoms with Gasteiger partial charge in [-0.15, -0.1) is 11.3 Å². The molecular weight excluding hydrogens is 168 g/mol. The Morgan fingerprint density at radius 3 is 2.83 bits per heavy atom. The molecular formula is C9H12N2S. The monoisotopic (exact) mass is 180 g/mol. The maximum Gasteiger partial charge on any atom is 0.0790 e. The van der Waals surface area contributed by atoms with E-state index < -0.39 is 0 Å². The van der Waals surface area contributed by atoms with E-state index in [-0.39, 0.29) is 0 Å². The van der Waals surface area contributed by atoms with Gasteiger partial charge < -0.3 is 0 Å². The lowest BCUT2D eigenvalue weighted by Crippen LogP contribution is -1.87.